The number of likely N-dealkylation sites (N-methyl/N-ethyl adjacent to an activating group) is 1. The zero-order valence-electron chi connectivity index (χ0n) is 19.3. The number of fused-ring (bicyclic) bond motifs is 1. The summed E-state index contributed by atoms with van der Waals surface area (Å²) in [6.07, 6.45) is 2.30. The Bertz CT molecular complexity index is 1030. The van der Waals surface area contributed by atoms with Crippen molar-refractivity contribution in [3.63, 3.8) is 0 Å². The Balaban J connectivity index is 1.22. The van der Waals surface area contributed by atoms with Crippen LogP contribution in [-0.2, 0) is 17.8 Å². The van der Waals surface area contributed by atoms with Gasteiger partial charge in [0.2, 0.25) is 6.79 Å². The van der Waals surface area contributed by atoms with E-state index in [-0.39, 0.29) is 11.9 Å². The molecule has 2 fully saturated rings. The third kappa shape index (κ3) is 4.06. The summed E-state index contributed by atoms with van der Waals surface area (Å²) in [6, 6.07) is 15.9. The number of carbonyl (C=O) groups is 2. The molecule has 2 aromatic carbocycles. The number of hydrogen-bond donors (Lipinski definition) is 0. The van der Waals surface area contributed by atoms with Crippen LogP contribution in [0.3, 0.4) is 0 Å². The molecule has 7 heteroatoms. The quantitative estimate of drug-likeness (QED) is 0.632. The zero-order valence-corrected chi connectivity index (χ0v) is 19.3. The second-order valence-corrected chi connectivity index (χ2v) is 9.55. The molecule has 0 aliphatic carbocycles. The average molecular weight is 450 g/mol. The SMILES string of the molecule is C[C@H](Cc1ccc2c(c1)OCO2)CN1CCC2(CC1)C(=O)N(C)C(=O)N2Cc1ccccc1. The van der Waals surface area contributed by atoms with Crippen LogP contribution in [0.5, 0.6) is 11.5 Å². The van der Waals surface area contributed by atoms with Crippen LogP contribution in [0.15, 0.2) is 48.5 Å². The number of imide groups is 1. The summed E-state index contributed by atoms with van der Waals surface area (Å²) in [6.45, 7) is 5.60. The number of amides is 3. The van der Waals surface area contributed by atoms with Gasteiger partial charge in [0, 0.05) is 33.2 Å². The lowest BCUT2D eigenvalue weighted by atomic mass is 9.85. The van der Waals surface area contributed by atoms with E-state index in [9.17, 15) is 9.59 Å². The monoisotopic (exact) mass is 449 g/mol. The van der Waals surface area contributed by atoms with Crippen LogP contribution in [-0.4, -0.2) is 65.7 Å². The molecule has 0 unspecified atom stereocenters. The minimum absolute atomic E-state index is 0.0588. The third-order valence-corrected chi connectivity index (χ3v) is 7.19. The zero-order chi connectivity index (χ0) is 23.0. The fourth-order valence-electron chi connectivity index (χ4n) is 5.43. The van der Waals surface area contributed by atoms with E-state index in [0.717, 1.165) is 43.1 Å². The van der Waals surface area contributed by atoms with Gasteiger partial charge in [-0.1, -0.05) is 43.3 Å². The summed E-state index contributed by atoms with van der Waals surface area (Å²) in [4.78, 5) is 31.7. The van der Waals surface area contributed by atoms with Crippen molar-refractivity contribution >= 4 is 11.9 Å². The standard InChI is InChI=1S/C26H31N3O4/c1-19(14-21-8-9-22-23(15-21)33-18-32-22)16-28-12-10-26(11-13-28)24(30)27(2)25(31)29(26)17-20-6-4-3-5-7-20/h3-9,15,19H,10-14,16-18H2,1-2H3/t19-/m1/s1. The maximum atomic E-state index is 13.2. The Kier molecular flexibility index (Phi) is 5.74. The molecule has 0 N–H and O–H groups in total. The Hall–Kier alpha value is -3.06. The van der Waals surface area contributed by atoms with Crippen LogP contribution in [0.4, 0.5) is 4.79 Å². The first-order valence-corrected chi connectivity index (χ1v) is 11.7. The van der Waals surface area contributed by atoms with Gasteiger partial charge in [0.05, 0.1) is 0 Å². The van der Waals surface area contributed by atoms with Gasteiger partial charge >= 0.3 is 6.03 Å². The maximum Gasteiger partial charge on any atom is 0.327 e. The number of ether oxygens (including phenoxy) is 2. The molecule has 33 heavy (non-hydrogen) atoms. The number of piperidine rings is 1. The molecule has 0 aromatic heterocycles. The smallest absolute Gasteiger partial charge is 0.327 e. The van der Waals surface area contributed by atoms with Gasteiger partial charge in [0.1, 0.15) is 5.54 Å². The fourth-order valence-corrected chi connectivity index (χ4v) is 5.43. The van der Waals surface area contributed by atoms with Gasteiger partial charge in [-0.25, -0.2) is 4.79 Å². The minimum atomic E-state index is -0.723. The van der Waals surface area contributed by atoms with E-state index in [4.69, 9.17) is 9.47 Å². The highest BCUT2D eigenvalue weighted by atomic mass is 16.7. The second kappa shape index (κ2) is 8.71. The van der Waals surface area contributed by atoms with Crippen molar-refractivity contribution in [2.75, 3.05) is 33.5 Å². The molecular formula is C26H31N3O4. The molecule has 5 rings (SSSR count). The Morgan fingerprint density at radius 3 is 2.45 bits per heavy atom. The van der Waals surface area contributed by atoms with Crippen molar-refractivity contribution in [2.24, 2.45) is 5.92 Å². The summed E-state index contributed by atoms with van der Waals surface area (Å²) in [7, 11) is 1.61. The maximum absolute atomic E-state index is 13.2. The van der Waals surface area contributed by atoms with E-state index in [1.807, 2.05) is 36.4 Å². The molecule has 7 nitrogen and oxygen atoms in total. The molecular weight excluding hydrogens is 418 g/mol. The predicted molar refractivity (Wildman–Crippen MR) is 124 cm³/mol. The van der Waals surface area contributed by atoms with Gasteiger partial charge in [-0.2, -0.15) is 0 Å². The van der Waals surface area contributed by atoms with Crippen LogP contribution in [0.2, 0.25) is 0 Å². The Morgan fingerprint density at radius 2 is 1.70 bits per heavy atom. The lowest BCUT2D eigenvalue weighted by Crippen LogP contribution is -2.56. The van der Waals surface area contributed by atoms with Gasteiger partial charge in [0.15, 0.2) is 11.5 Å². The molecule has 0 radical (unpaired) electrons. The first-order valence-electron chi connectivity index (χ1n) is 11.7. The van der Waals surface area contributed by atoms with Crippen LogP contribution >= 0.6 is 0 Å². The topological polar surface area (TPSA) is 62.3 Å². The fraction of sp³-hybridized carbons (Fsp3) is 0.462. The summed E-state index contributed by atoms with van der Waals surface area (Å²) in [5, 5.41) is 0. The van der Waals surface area contributed by atoms with E-state index >= 15 is 0 Å². The summed E-state index contributed by atoms with van der Waals surface area (Å²) in [5.41, 5.74) is 1.57. The van der Waals surface area contributed by atoms with Crippen molar-refractivity contribution in [3.05, 3.63) is 59.7 Å². The molecule has 3 aliphatic heterocycles. The molecule has 0 saturated carbocycles. The van der Waals surface area contributed by atoms with Gasteiger partial charge in [-0.3, -0.25) is 9.69 Å². The van der Waals surface area contributed by atoms with Crippen molar-refractivity contribution in [1.29, 1.82) is 0 Å². The molecule has 1 atom stereocenters. The predicted octanol–water partition coefficient (Wildman–Crippen LogP) is 3.52. The van der Waals surface area contributed by atoms with Crippen LogP contribution in [0.25, 0.3) is 0 Å². The van der Waals surface area contributed by atoms with Crippen LogP contribution in [0.1, 0.15) is 30.9 Å². The highest BCUT2D eigenvalue weighted by molar-refractivity contribution is 6.06. The Morgan fingerprint density at radius 1 is 0.970 bits per heavy atom. The van der Waals surface area contributed by atoms with Crippen LogP contribution < -0.4 is 9.47 Å². The van der Waals surface area contributed by atoms with E-state index in [1.54, 1.807) is 11.9 Å². The summed E-state index contributed by atoms with van der Waals surface area (Å²) < 4.78 is 10.9. The molecule has 2 aromatic rings. The molecule has 174 valence electrons. The first kappa shape index (κ1) is 21.8. The molecule has 2 saturated heterocycles. The number of urea groups is 1. The number of rotatable bonds is 6. The van der Waals surface area contributed by atoms with Gasteiger partial charge in [-0.05, 0) is 48.4 Å². The number of likely N-dealkylation sites (tertiary alicyclic amines) is 1. The highest BCUT2D eigenvalue weighted by Gasteiger charge is 2.56. The summed E-state index contributed by atoms with van der Waals surface area (Å²) in [5.74, 6) is 2.04. The van der Waals surface area contributed by atoms with Gasteiger partial charge in [0.25, 0.3) is 5.91 Å². The molecule has 3 heterocycles. The highest BCUT2D eigenvalue weighted by Crippen LogP contribution is 2.38. The molecule has 0 bridgehead atoms. The van der Waals surface area contributed by atoms with E-state index in [1.165, 1.54) is 10.5 Å². The first-order chi connectivity index (χ1) is 16.0. The Labute approximate surface area is 194 Å². The molecule has 3 amide bonds. The van der Waals surface area contributed by atoms with Crippen molar-refractivity contribution < 1.29 is 19.1 Å². The molecule has 1 spiro atoms. The van der Waals surface area contributed by atoms with Gasteiger partial charge in [-0.15, -0.1) is 0 Å². The van der Waals surface area contributed by atoms with Crippen molar-refractivity contribution in [1.82, 2.24) is 14.7 Å². The number of carbonyl (C=O) groups excluding carboxylic acids is 2. The lowest BCUT2D eigenvalue weighted by molar-refractivity contribution is -0.135. The normalized spacial score (nSPS) is 20.7. The minimum Gasteiger partial charge on any atom is -0.454 e. The second-order valence-electron chi connectivity index (χ2n) is 9.55. The largest absolute Gasteiger partial charge is 0.454 e. The lowest BCUT2D eigenvalue weighted by Gasteiger charge is -2.42. The summed E-state index contributed by atoms with van der Waals surface area (Å²) >= 11 is 0. The van der Waals surface area contributed by atoms with Crippen molar-refractivity contribution in [2.45, 2.75) is 38.3 Å². The number of nitrogens with zero attached hydrogens (tertiary/aromatic N) is 3. The van der Waals surface area contributed by atoms with E-state index in [2.05, 4.69) is 24.0 Å². The molecule has 3 aliphatic rings. The van der Waals surface area contributed by atoms with Gasteiger partial charge < -0.3 is 19.3 Å². The number of benzene rings is 2. The third-order valence-electron chi connectivity index (χ3n) is 7.19. The average Bonchev–Trinajstić information content (AvgIpc) is 3.35. The van der Waals surface area contributed by atoms with Crippen molar-refractivity contribution in [3.8, 4) is 11.5 Å². The van der Waals surface area contributed by atoms with Crippen LogP contribution in [0, 0.1) is 5.92 Å². The van der Waals surface area contributed by atoms with E-state index in [0.29, 0.717) is 32.1 Å². The van der Waals surface area contributed by atoms with E-state index < -0.39 is 5.54 Å². The number of hydrogen-bond acceptors (Lipinski definition) is 5.